The third-order valence-electron chi connectivity index (χ3n) is 13.9. The quantitative estimate of drug-likeness (QED) is 0.158. The van der Waals surface area contributed by atoms with E-state index in [1.807, 2.05) is 33.8 Å². The van der Waals surface area contributed by atoms with E-state index < -0.39 is 17.6 Å². The highest BCUT2D eigenvalue weighted by atomic mass is 16.5. The number of ether oxygens (including phenoxy) is 1. The highest BCUT2D eigenvalue weighted by Crippen LogP contribution is 2.55. The summed E-state index contributed by atoms with van der Waals surface area (Å²) in [6, 6.07) is 44.8. The largest absolute Gasteiger partial charge is 0.499 e. The van der Waals surface area contributed by atoms with Crippen molar-refractivity contribution >= 4 is 11.0 Å². The van der Waals surface area contributed by atoms with Crippen molar-refractivity contribution < 1.29 is 16.6 Å². The van der Waals surface area contributed by atoms with Gasteiger partial charge in [-0.1, -0.05) is 136 Å². The molecular formula is C59H59N3O+2. The predicted octanol–water partition coefficient (Wildman–Crippen LogP) is 14.2. The molecule has 1 unspecified atom stereocenters. The van der Waals surface area contributed by atoms with Gasteiger partial charge in [0.05, 0.1) is 5.56 Å². The Kier molecular flexibility index (Phi) is 7.92. The zero-order valence-corrected chi connectivity index (χ0v) is 38.9. The lowest BCUT2D eigenvalue weighted by molar-refractivity contribution is -0.997. The molecular weight excluding hydrogens is 767 g/mol. The molecule has 0 N–H and O–H groups in total. The van der Waals surface area contributed by atoms with Crippen molar-refractivity contribution in [3.63, 3.8) is 0 Å². The fourth-order valence-corrected chi connectivity index (χ4v) is 10.8. The van der Waals surface area contributed by atoms with Gasteiger partial charge in [0.15, 0.2) is 23.0 Å². The average molecular weight is 828 g/mol. The van der Waals surface area contributed by atoms with Gasteiger partial charge < -0.3 is 4.74 Å². The minimum atomic E-state index is -1.06. The van der Waals surface area contributed by atoms with Gasteiger partial charge in [0.1, 0.15) is 16.8 Å². The maximum absolute atomic E-state index is 9.16. The van der Waals surface area contributed by atoms with Crippen LogP contribution in [0.25, 0.3) is 72.7 Å². The van der Waals surface area contributed by atoms with Crippen LogP contribution >= 0.6 is 0 Å². The molecule has 6 aromatic carbocycles. The van der Waals surface area contributed by atoms with E-state index in [2.05, 4.69) is 191 Å². The lowest BCUT2D eigenvalue weighted by Gasteiger charge is -2.33. The van der Waals surface area contributed by atoms with Crippen LogP contribution in [0, 0.1) is 13.8 Å². The Morgan fingerprint density at radius 1 is 0.619 bits per heavy atom. The van der Waals surface area contributed by atoms with Crippen molar-refractivity contribution in [1.29, 1.82) is 0 Å². The Labute approximate surface area is 376 Å². The average Bonchev–Trinajstić information content (AvgIpc) is 3.74. The number of hydrogen-bond acceptors (Lipinski definition) is 1. The smallest absolute Gasteiger partial charge is 0.392 e. The van der Waals surface area contributed by atoms with Crippen LogP contribution in [0.3, 0.4) is 0 Å². The second-order valence-corrected chi connectivity index (χ2v) is 20.8. The van der Waals surface area contributed by atoms with Crippen molar-refractivity contribution in [1.82, 2.24) is 4.57 Å². The van der Waals surface area contributed by atoms with E-state index in [0.717, 1.165) is 72.9 Å². The summed E-state index contributed by atoms with van der Waals surface area (Å²) in [5.74, 6) is -0.818. The third kappa shape index (κ3) is 5.59. The molecule has 1 atom stereocenters. The van der Waals surface area contributed by atoms with Gasteiger partial charge in [-0.2, -0.15) is 4.57 Å². The van der Waals surface area contributed by atoms with Gasteiger partial charge >= 0.3 is 11.7 Å². The molecule has 0 radical (unpaired) electrons. The Bertz CT molecular complexity index is 3300. The molecule has 0 fully saturated rings. The van der Waals surface area contributed by atoms with Crippen molar-refractivity contribution in [3.8, 4) is 67.5 Å². The number of benzene rings is 6. The first-order valence-electron chi connectivity index (χ1n) is 23.6. The molecule has 4 nitrogen and oxygen atoms in total. The molecule has 1 spiro atoms. The van der Waals surface area contributed by atoms with Crippen LogP contribution in [-0.4, -0.2) is 4.57 Å². The van der Waals surface area contributed by atoms with E-state index in [9.17, 15) is 0 Å². The predicted molar refractivity (Wildman–Crippen MR) is 259 cm³/mol. The Morgan fingerprint density at radius 3 is 1.90 bits per heavy atom. The number of aryl methyl sites for hydroxylation is 2. The Hall–Kier alpha value is -6.26. The normalized spacial score (nSPS) is 16.6. The van der Waals surface area contributed by atoms with E-state index in [0.29, 0.717) is 0 Å². The molecule has 0 amide bonds. The lowest BCUT2D eigenvalue weighted by atomic mass is 9.80. The first-order valence-corrected chi connectivity index (χ1v) is 22.6. The molecule has 2 aromatic heterocycles. The van der Waals surface area contributed by atoms with Crippen LogP contribution in [0.2, 0.25) is 0 Å². The number of nitrogens with zero attached hydrogens (tertiary/aromatic N) is 3. The van der Waals surface area contributed by atoms with Crippen molar-refractivity contribution in [2.75, 3.05) is 0 Å². The first kappa shape index (κ1) is 37.3. The summed E-state index contributed by atoms with van der Waals surface area (Å²) in [7, 11) is 0. The Balaban J connectivity index is 1.22. The fraction of sp³-hybridized carbons (Fsp3) is 0.288. The van der Waals surface area contributed by atoms with E-state index in [1.165, 1.54) is 44.5 Å². The van der Waals surface area contributed by atoms with E-state index in [1.54, 1.807) is 0 Å². The monoisotopic (exact) mass is 827 g/mol. The fourth-order valence-electron chi connectivity index (χ4n) is 10.8. The molecule has 0 aliphatic carbocycles. The molecule has 0 saturated heterocycles. The first-order chi connectivity index (χ1) is 30.6. The Morgan fingerprint density at radius 2 is 1.25 bits per heavy atom. The van der Waals surface area contributed by atoms with Gasteiger partial charge in [-0.15, -0.1) is 9.13 Å². The summed E-state index contributed by atoms with van der Waals surface area (Å²) in [6.45, 7) is 25.8. The van der Waals surface area contributed by atoms with E-state index >= 15 is 0 Å². The number of aromatic nitrogens is 3. The molecule has 3 aliphatic heterocycles. The minimum Gasteiger partial charge on any atom is -0.392 e. The van der Waals surface area contributed by atoms with E-state index in [4.69, 9.17) is 7.48 Å². The maximum atomic E-state index is 9.16. The summed E-state index contributed by atoms with van der Waals surface area (Å²) < 4.78 is 33.5. The third-order valence-corrected chi connectivity index (χ3v) is 13.9. The summed E-state index contributed by atoms with van der Waals surface area (Å²) in [4.78, 5) is 0. The standard InChI is InChI=1S/C59H59N3O/c1-34(2)44-15-13-16-45(35(3)4)52(44)39-21-25-43(26-22-39)61-50-18-14-17-46-47-32-42(58(10,11)12)33-48-51-31-40(38-19-23-41(24-20-38)57(7,8)9)27-28-60(51)59(53(47)48)62(54(46)50)56(61)49-30-36(5)29-37(6)55(49)63-59/h13-35H,1-12H3/q+2/i34D,35D. The van der Waals surface area contributed by atoms with Gasteiger partial charge in [-0.05, 0) is 135 Å². The number of pyridine rings is 1. The van der Waals surface area contributed by atoms with E-state index in [-0.39, 0.29) is 10.8 Å². The van der Waals surface area contributed by atoms with Crippen molar-refractivity contribution in [2.24, 2.45) is 0 Å². The van der Waals surface area contributed by atoms with Gasteiger partial charge in [-0.25, -0.2) is 0 Å². The topological polar surface area (TPSA) is 21.9 Å². The second kappa shape index (κ2) is 13.4. The number of para-hydroxylation sites is 1. The van der Waals surface area contributed by atoms with Gasteiger partial charge in [-0.3, -0.25) is 0 Å². The zero-order valence-electron chi connectivity index (χ0n) is 40.9. The van der Waals surface area contributed by atoms with Crippen LogP contribution in [0.1, 0.15) is 123 Å². The highest BCUT2D eigenvalue weighted by Gasteiger charge is 2.68. The number of fused-ring (bicyclic) bond motifs is 5. The highest BCUT2D eigenvalue weighted by molar-refractivity contribution is 5.98. The molecule has 5 heterocycles. The summed E-state index contributed by atoms with van der Waals surface area (Å²) in [5.41, 5.74) is 21.2. The lowest BCUT2D eigenvalue weighted by Crippen LogP contribution is -2.78. The number of hydrogen-bond donors (Lipinski definition) is 0. The molecule has 11 rings (SSSR count). The molecule has 0 saturated carbocycles. The minimum absolute atomic E-state index is 0.0689. The van der Waals surface area contributed by atoms with Crippen LogP contribution in [0.5, 0.6) is 5.75 Å². The van der Waals surface area contributed by atoms with Gasteiger partial charge in [0.2, 0.25) is 5.69 Å². The zero-order chi connectivity index (χ0) is 45.9. The molecule has 8 aromatic rings. The molecule has 314 valence electrons. The molecule has 0 bridgehead atoms. The summed E-state index contributed by atoms with van der Waals surface area (Å²) >= 11 is 0. The van der Waals surface area contributed by atoms with Gasteiger partial charge in [0.25, 0.3) is 0 Å². The SMILES string of the molecule is [2H]C(C)(C)c1cccc(C([2H])(C)C)c1-c1ccc(-n2c3[n+]4c5c(cccc52)-c2cc(C(C)(C)C)cc5c2C4(Oc2c(C)cc(C)cc2-3)[n+]2ccc(-c3ccc(C(C)(C)C)cc3)cc2-5)cc1. The molecule has 3 aliphatic rings. The van der Waals surface area contributed by atoms with Crippen molar-refractivity contribution in [2.45, 2.75) is 112 Å². The van der Waals surface area contributed by atoms with Crippen LogP contribution in [0.4, 0.5) is 0 Å². The van der Waals surface area contributed by atoms with Gasteiger partial charge in [0, 0.05) is 26.0 Å². The number of rotatable bonds is 5. The molecule has 63 heavy (non-hydrogen) atoms. The summed E-state index contributed by atoms with van der Waals surface area (Å²) in [6.07, 6.45) is 2.26. The second-order valence-electron chi connectivity index (χ2n) is 20.8. The maximum Gasteiger partial charge on any atom is 0.499 e. The molecule has 4 heteroatoms. The van der Waals surface area contributed by atoms with Crippen LogP contribution in [0.15, 0.2) is 128 Å². The van der Waals surface area contributed by atoms with Crippen molar-refractivity contribution in [3.05, 3.63) is 166 Å². The van der Waals surface area contributed by atoms with Crippen LogP contribution in [-0.2, 0) is 16.7 Å². The summed E-state index contributed by atoms with van der Waals surface area (Å²) in [5, 5.41) is 0. The number of imidazole rings is 1. The van der Waals surface area contributed by atoms with Crippen LogP contribution < -0.4 is 13.9 Å².